The van der Waals surface area contributed by atoms with Gasteiger partial charge in [0.25, 0.3) is 0 Å². The zero-order chi connectivity index (χ0) is 44.8. The van der Waals surface area contributed by atoms with E-state index in [0.29, 0.717) is 0 Å². The number of hydrogen-bond acceptors (Lipinski definition) is 2. The van der Waals surface area contributed by atoms with Gasteiger partial charge in [-0.25, -0.2) is 0 Å². The summed E-state index contributed by atoms with van der Waals surface area (Å²) in [4.78, 5) is 4.88. The van der Waals surface area contributed by atoms with Crippen molar-refractivity contribution in [2.24, 2.45) is 0 Å². The lowest BCUT2D eigenvalue weighted by Gasteiger charge is -2.32. The first-order chi connectivity index (χ1) is 33.8. The molecule has 0 amide bonds. The summed E-state index contributed by atoms with van der Waals surface area (Å²) in [6.45, 7) is 0. The summed E-state index contributed by atoms with van der Waals surface area (Å²) in [5, 5.41) is 4.89. The van der Waals surface area contributed by atoms with Crippen LogP contribution in [0.15, 0.2) is 261 Å². The van der Waals surface area contributed by atoms with E-state index in [1.54, 1.807) is 0 Å². The SMILES string of the molecule is c1ccc(N(c2ccccc2)c2ccc3c(c2)-c2ccccc2C32c3ccccc3-c3c(N(c4ccc5ccccc5c4)c4ccc5c6ccccc6n(-c6ccccc6)c5c4)cccc32)cc1. The zero-order valence-corrected chi connectivity index (χ0v) is 37.2. The Hall–Kier alpha value is -8.92. The Morgan fingerprint density at radius 3 is 1.62 bits per heavy atom. The number of aromatic nitrogens is 1. The van der Waals surface area contributed by atoms with Gasteiger partial charge in [-0.15, -0.1) is 0 Å². The van der Waals surface area contributed by atoms with Crippen LogP contribution in [0, 0.1) is 0 Å². The lowest BCUT2D eigenvalue weighted by molar-refractivity contribution is 0.793. The van der Waals surface area contributed by atoms with E-state index in [1.165, 1.54) is 77.1 Å². The summed E-state index contributed by atoms with van der Waals surface area (Å²) in [5.41, 5.74) is 19.9. The van der Waals surface area contributed by atoms with E-state index < -0.39 is 5.41 Å². The van der Waals surface area contributed by atoms with Gasteiger partial charge in [-0.05, 0) is 135 Å². The van der Waals surface area contributed by atoms with Crippen molar-refractivity contribution >= 4 is 66.7 Å². The molecule has 14 rings (SSSR count). The van der Waals surface area contributed by atoms with Crippen LogP contribution in [-0.4, -0.2) is 4.57 Å². The van der Waals surface area contributed by atoms with Gasteiger partial charge in [0.1, 0.15) is 0 Å². The molecule has 0 radical (unpaired) electrons. The van der Waals surface area contributed by atoms with Crippen LogP contribution in [0.2, 0.25) is 0 Å². The molecular weight excluding hydrogens is 823 g/mol. The minimum absolute atomic E-state index is 0.546. The number of hydrogen-bond donors (Lipinski definition) is 0. The van der Waals surface area contributed by atoms with E-state index in [-0.39, 0.29) is 0 Å². The molecule has 1 atom stereocenters. The average Bonchev–Trinajstić information content (AvgIpc) is 4.01. The molecule has 0 saturated heterocycles. The summed E-state index contributed by atoms with van der Waals surface area (Å²) >= 11 is 0. The maximum atomic E-state index is 2.51. The highest BCUT2D eigenvalue weighted by Crippen LogP contribution is 2.65. The highest BCUT2D eigenvalue weighted by molar-refractivity contribution is 6.11. The molecule has 1 heterocycles. The minimum atomic E-state index is -0.546. The van der Waals surface area contributed by atoms with Gasteiger partial charge in [0.2, 0.25) is 0 Å². The molecular formula is C65H43N3. The molecule has 68 heavy (non-hydrogen) atoms. The number of fused-ring (bicyclic) bond motifs is 14. The van der Waals surface area contributed by atoms with Crippen LogP contribution in [0.3, 0.4) is 0 Å². The fourth-order valence-electron chi connectivity index (χ4n) is 11.8. The monoisotopic (exact) mass is 865 g/mol. The molecule has 0 N–H and O–H groups in total. The third-order valence-corrected chi connectivity index (χ3v) is 14.5. The largest absolute Gasteiger partial charge is 0.310 e. The lowest BCUT2D eigenvalue weighted by atomic mass is 9.70. The minimum Gasteiger partial charge on any atom is -0.310 e. The smallest absolute Gasteiger partial charge is 0.0726 e. The van der Waals surface area contributed by atoms with Crippen LogP contribution in [0.25, 0.3) is 60.5 Å². The lowest BCUT2D eigenvalue weighted by Crippen LogP contribution is -2.26. The molecule has 11 aromatic carbocycles. The first-order valence-corrected chi connectivity index (χ1v) is 23.5. The van der Waals surface area contributed by atoms with Gasteiger partial charge >= 0.3 is 0 Å². The van der Waals surface area contributed by atoms with Gasteiger partial charge < -0.3 is 14.4 Å². The number of rotatable bonds is 7. The van der Waals surface area contributed by atoms with Crippen molar-refractivity contribution < 1.29 is 0 Å². The van der Waals surface area contributed by atoms with Crippen molar-refractivity contribution in [3.8, 4) is 27.9 Å². The number of anilines is 6. The van der Waals surface area contributed by atoms with Crippen molar-refractivity contribution in [2.45, 2.75) is 5.41 Å². The molecule has 318 valence electrons. The topological polar surface area (TPSA) is 11.4 Å². The number of para-hydroxylation sites is 4. The van der Waals surface area contributed by atoms with Crippen LogP contribution in [-0.2, 0) is 5.41 Å². The van der Waals surface area contributed by atoms with Crippen molar-refractivity contribution in [3.63, 3.8) is 0 Å². The zero-order valence-electron chi connectivity index (χ0n) is 37.2. The van der Waals surface area contributed by atoms with Crippen LogP contribution in [0.5, 0.6) is 0 Å². The predicted molar refractivity (Wildman–Crippen MR) is 284 cm³/mol. The highest BCUT2D eigenvalue weighted by Gasteiger charge is 2.52. The molecule has 1 aromatic heterocycles. The van der Waals surface area contributed by atoms with Crippen LogP contribution >= 0.6 is 0 Å². The second-order valence-corrected chi connectivity index (χ2v) is 18.0. The van der Waals surface area contributed by atoms with E-state index in [4.69, 9.17) is 0 Å². The van der Waals surface area contributed by atoms with Gasteiger partial charge in [0.15, 0.2) is 0 Å². The highest BCUT2D eigenvalue weighted by atomic mass is 15.2. The standard InChI is InChI=1S/C65H43N3/c1-4-21-46(22-5-1)66(47-23-6-2-7-24-47)50-38-40-59-56(42-50)52-27-12-15-30-57(52)65(59)58-31-16-13-29-55(58)64-60(65)32-18-34-62(64)67(49-36-35-44-19-10-11-20-45(44)41-49)51-37-39-54-53-28-14-17-33-61(53)68(63(54)43-51)48-25-8-3-9-26-48/h1-43H. The van der Waals surface area contributed by atoms with E-state index in [0.717, 1.165) is 39.8 Å². The molecule has 3 nitrogen and oxygen atoms in total. The van der Waals surface area contributed by atoms with Crippen molar-refractivity contribution in [1.82, 2.24) is 4.57 Å². The van der Waals surface area contributed by atoms with E-state index in [2.05, 4.69) is 275 Å². The van der Waals surface area contributed by atoms with Gasteiger partial charge in [-0.2, -0.15) is 0 Å². The van der Waals surface area contributed by atoms with Crippen LogP contribution in [0.1, 0.15) is 22.3 Å². The molecule has 12 aromatic rings. The third-order valence-electron chi connectivity index (χ3n) is 14.5. The average molecular weight is 866 g/mol. The van der Waals surface area contributed by atoms with E-state index in [9.17, 15) is 0 Å². The molecule has 3 heteroatoms. The fourth-order valence-corrected chi connectivity index (χ4v) is 11.8. The molecule has 0 fully saturated rings. The van der Waals surface area contributed by atoms with Crippen LogP contribution in [0.4, 0.5) is 34.1 Å². The maximum absolute atomic E-state index is 2.51. The molecule has 0 bridgehead atoms. The summed E-state index contributed by atoms with van der Waals surface area (Å²) in [6.07, 6.45) is 0. The summed E-state index contributed by atoms with van der Waals surface area (Å²) in [7, 11) is 0. The second kappa shape index (κ2) is 15.1. The van der Waals surface area contributed by atoms with Crippen LogP contribution < -0.4 is 9.80 Å². The first kappa shape index (κ1) is 38.4. The Bertz CT molecular complexity index is 3890. The van der Waals surface area contributed by atoms with E-state index in [1.807, 2.05) is 0 Å². The number of nitrogens with zero attached hydrogens (tertiary/aromatic N) is 3. The normalized spacial score (nSPS) is 14.2. The van der Waals surface area contributed by atoms with E-state index >= 15 is 0 Å². The predicted octanol–water partition coefficient (Wildman–Crippen LogP) is 17.2. The molecule has 2 aliphatic rings. The Balaban J connectivity index is 1.03. The van der Waals surface area contributed by atoms with Gasteiger partial charge in [0, 0.05) is 50.5 Å². The third kappa shape index (κ3) is 5.54. The van der Waals surface area contributed by atoms with Crippen molar-refractivity contribution in [2.75, 3.05) is 9.80 Å². The molecule has 2 aliphatic carbocycles. The Labute approximate surface area is 395 Å². The van der Waals surface area contributed by atoms with Gasteiger partial charge in [-0.3, -0.25) is 0 Å². The fraction of sp³-hybridized carbons (Fsp3) is 0.0154. The van der Waals surface area contributed by atoms with Gasteiger partial charge in [0.05, 0.1) is 22.1 Å². The second-order valence-electron chi connectivity index (χ2n) is 18.0. The Kier molecular flexibility index (Phi) is 8.50. The van der Waals surface area contributed by atoms with Crippen molar-refractivity contribution in [1.29, 1.82) is 0 Å². The summed E-state index contributed by atoms with van der Waals surface area (Å²) in [5.74, 6) is 0. The quantitative estimate of drug-likeness (QED) is 0.158. The number of benzene rings is 11. The summed E-state index contributed by atoms with van der Waals surface area (Å²) < 4.78 is 2.42. The Morgan fingerprint density at radius 2 is 0.838 bits per heavy atom. The Morgan fingerprint density at radius 1 is 0.294 bits per heavy atom. The molecule has 0 aliphatic heterocycles. The first-order valence-electron chi connectivity index (χ1n) is 23.5. The molecule has 1 unspecified atom stereocenters. The maximum Gasteiger partial charge on any atom is 0.0726 e. The summed E-state index contributed by atoms with van der Waals surface area (Å²) in [6, 6.07) is 96.1. The van der Waals surface area contributed by atoms with Crippen molar-refractivity contribution in [3.05, 3.63) is 283 Å². The molecule has 0 saturated carbocycles. The molecule has 1 spiro atoms. The van der Waals surface area contributed by atoms with Gasteiger partial charge in [-0.1, -0.05) is 176 Å².